The third kappa shape index (κ3) is 3.19. The number of nitrogen functional groups attached to an aromatic ring is 1. The van der Waals surface area contributed by atoms with Gasteiger partial charge in [-0.15, -0.1) is 0 Å². The maximum absolute atomic E-state index is 6.07. The van der Waals surface area contributed by atoms with E-state index in [0.29, 0.717) is 5.82 Å². The number of aromatic nitrogens is 2. The lowest BCUT2D eigenvalue weighted by Crippen LogP contribution is -2.25. The molecule has 4 nitrogen and oxygen atoms in total. The molecule has 0 aliphatic heterocycles. The van der Waals surface area contributed by atoms with Crippen LogP contribution < -0.4 is 11.1 Å². The van der Waals surface area contributed by atoms with E-state index in [1.165, 1.54) is 0 Å². The first kappa shape index (κ1) is 15.4. The Balaban J connectivity index is 2.56. The van der Waals surface area contributed by atoms with Crippen molar-refractivity contribution in [2.75, 3.05) is 12.3 Å². The molecule has 2 aromatic rings. The SMILES string of the molecule is CCNC(c1ncc(Br)cc1Br)c1c(C)ccnc1N. The molecule has 0 spiro atoms. The van der Waals surface area contributed by atoms with Crippen LogP contribution in [-0.4, -0.2) is 16.5 Å². The Hall–Kier alpha value is -0.980. The van der Waals surface area contributed by atoms with Crippen molar-refractivity contribution in [3.8, 4) is 0 Å². The van der Waals surface area contributed by atoms with Gasteiger partial charge in [-0.05, 0) is 63.0 Å². The molecule has 0 aliphatic rings. The molecule has 2 aromatic heterocycles. The van der Waals surface area contributed by atoms with E-state index < -0.39 is 0 Å². The van der Waals surface area contributed by atoms with Gasteiger partial charge in [0, 0.05) is 26.9 Å². The smallest absolute Gasteiger partial charge is 0.128 e. The molecule has 0 bridgehead atoms. The summed E-state index contributed by atoms with van der Waals surface area (Å²) in [5.74, 6) is 0.535. The molecular weight excluding hydrogens is 384 g/mol. The predicted octanol–water partition coefficient (Wildman–Crippen LogP) is 3.59. The van der Waals surface area contributed by atoms with E-state index in [2.05, 4.69) is 54.1 Å². The number of nitrogens with two attached hydrogens (primary N) is 1. The lowest BCUT2D eigenvalue weighted by Gasteiger charge is -2.22. The number of pyridine rings is 2. The Morgan fingerprint density at radius 3 is 2.70 bits per heavy atom. The van der Waals surface area contributed by atoms with Crippen molar-refractivity contribution in [3.63, 3.8) is 0 Å². The second-order valence-electron chi connectivity index (χ2n) is 4.44. The molecule has 2 rings (SSSR count). The summed E-state index contributed by atoms with van der Waals surface area (Å²) < 4.78 is 1.86. The summed E-state index contributed by atoms with van der Waals surface area (Å²) in [5, 5.41) is 3.43. The number of nitrogens with one attached hydrogen (secondary N) is 1. The Morgan fingerprint density at radius 2 is 2.10 bits per heavy atom. The molecule has 6 heteroatoms. The van der Waals surface area contributed by atoms with E-state index in [0.717, 1.165) is 32.3 Å². The molecule has 0 aromatic carbocycles. The van der Waals surface area contributed by atoms with Crippen molar-refractivity contribution >= 4 is 37.7 Å². The molecule has 1 unspecified atom stereocenters. The number of rotatable bonds is 4. The summed E-state index contributed by atoms with van der Waals surface area (Å²) in [5.41, 5.74) is 9.04. The van der Waals surface area contributed by atoms with Crippen molar-refractivity contribution in [3.05, 3.63) is 50.3 Å². The quantitative estimate of drug-likeness (QED) is 0.824. The van der Waals surface area contributed by atoms with Gasteiger partial charge in [-0.3, -0.25) is 4.98 Å². The first-order valence-electron chi connectivity index (χ1n) is 6.29. The maximum atomic E-state index is 6.07. The van der Waals surface area contributed by atoms with Crippen LogP contribution in [0, 0.1) is 6.92 Å². The van der Waals surface area contributed by atoms with Crippen LogP contribution in [0.25, 0.3) is 0 Å². The Morgan fingerprint density at radius 1 is 1.35 bits per heavy atom. The first-order chi connectivity index (χ1) is 9.54. The fourth-order valence-corrected chi connectivity index (χ4v) is 3.36. The van der Waals surface area contributed by atoms with Gasteiger partial charge < -0.3 is 11.1 Å². The molecule has 0 fully saturated rings. The summed E-state index contributed by atoms with van der Waals surface area (Å²) in [6.07, 6.45) is 3.51. The fraction of sp³-hybridized carbons (Fsp3) is 0.286. The van der Waals surface area contributed by atoms with E-state index >= 15 is 0 Å². The van der Waals surface area contributed by atoms with E-state index in [1.807, 2.05) is 19.1 Å². The molecule has 106 valence electrons. The van der Waals surface area contributed by atoms with Crippen LogP contribution in [0.15, 0.2) is 33.5 Å². The number of anilines is 1. The van der Waals surface area contributed by atoms with Crippen molar-refractivity contribution in [2.24, 2.45) is 0 Å². The van der Waals surface area contributed by atoms with Crippen molar-refractivity contribution in [1.29, 1.82) is 0 Å². The van der Waals surface area contributed by atoms with Gasteiger partial charge in [-0.2, -0.15) is 0 Å². The number of halogens is 2. The Bertz CT molecular complexity index is 596. The molecule has 20 heavy (non-hydrogen) atoms. The van der Waals surface area contributed by atoms with Gasteiger partial charge in [0.25, 0.3) is 0 Å². The third-order valence-electron chi connectivity index (χ3n) is 3.05. The second kappa shape index (κ2) is 6.65. The van der Waals surface area contributed by atoms with Crippen molar-refractivity contribution in [1.82, 2.24) is 15.3 Å². The van der Waals surface area contributed by atoms with Crippen molar-refractivity contribution in [2.45, 2.75) is 19.9 Å². The Labute approximate surface area is 135 Å². The van der Waals surface area contributed by atoms with Crippen LogP contribution in [0.1, 0.15) is 29.8 Å². The molecular formula is C14H16Br2N4. The summed E-state index contributed by atoms with van der Waals surface area (Å²) in [4.78, 5) is 8.72. The van der Waals surface area contributed by atoms with E-state index in [-0.39, 0.29) is 6.04 Å². The zero-order valence-electron chi connectivity index (χ0n) is 11.3. The van der Waals surface area contributed by atoms with Crippen LogP contribution in [-0.2, 0) is 0 Å². The number of hydrogen-bond acceptors (Lipinski definition) is 4. The van der Waals surface area contributed by atoms with Crippen LogP contribution in [0.3, 0.4) is 0 Å². The zero-order valence-corrected chi connectivity index (χ0v) is 14.5. The van der Waals surface area contributed by atoms with Gasteiger partial charge >= 0.3 is 0 Å². The standard InChI is InChI=1S/C14H16Br2N4/c1-3-18-13(11-8(2)4-5-19-14(11)17)12-10(16)6-9(15)7-20-12/h4-7,13,18H,3H2,1-2H3,(H2,17,19). The van der Waals surface area contributed by atoms with Crippen LogP contribution in [0.4, 0.5) is 5.82 Å². The average Bonchev–Trinajstić information content (AvgIpc) is 2.38. The minimum atomic E-state index is -0.0869. The monoisotopic (exact) mass is 398 g/mol. The van der Waals surface area contributed by atoms with Gasteiger partial charge in [0.05, 0.1) is 11.7 Å². The highest BCUT2D eigenvalue weighted by molar-refractivity contribution is 9.11. The zero-order chi connectivity index (χ0) is 14.7. The number of aryl methyl sites for hydroxylation is 1. The molecule has 2 heterocycles. The molecule has 0 radical (unpaired) electrons. The van der Waals surface area contributed by atoms with Crippen LogP contribution >= 0.6 is 31.9 Å². The van der Waals surface area contributed by atoms with E-state index in [1.54, 1.807) is 12.4 Å². The van der Waals surface area contributed by atoms with Crippen LogP contribution in [0.5, 0.6) is 0 Å². The lowest BCUT2D eigenvalue weighted by molar-refractivity contribution is 0.610. The second-order valence-corrected chi connectivity index (χ2v) is 6.21. The third-order valence-corrected chi connectivity index (χ3v) is 4.11. The summed E-state index contributed by atoms with van der Waals surface area (Å²) >= 11 is 6.99. The van der Waals surface area contributed by atoms with Gasteiger partial charge in [-0.1, -0.05) is 6.92 Å². The summed E-state index contributed by atoms with van der Waals surface area (Å²) in [6, 6.07) is 3.85. The summed E-state index contributed by atoms with van der Waals surface area (Å²) in [6.45, 7) is 4.90. The first-order valence-corrected chi connectivity index (χ1v) is 7.88. The van der Waals surface area contributed by atoms with Gasteiger partial charge in [0.2, 0.25) is 0 Å². The maximum Gasteiger partial charge on any atom is 0.128 e. The molecule has 0 saturated heterocycles. The van der Waals surface area contributed by atoms with Crippen LogP contribution in [0.2, 0.25) is 0 Å². The largest absolute Gasteiger partial charge is 0.383 e. The van der Waals surface area contributed by atoms with E-state index in [4.69, 9.17) is 5.73 Å². The minimum Gasteiger partial charge on any atom is -0.383 e. The van der Waals surface area contributed by atoms with Crippen molar-refractivity contribution < 1.29 is 0 Å². The number of nitrogens with zero attached hydrogens (tertiary/aromatic N) is 2. The highest BCUT2D eigenvalue weighted by atomic mass is 79.9. The molecule has 0 aliphatic carbocycles. The summed E-state index contributed by atoms with van der Waals surface area (Å²) in [7, 11) is 0. The fourth-order valence-electron chi connectivity index (χ4n) is 2.14. The van der Waals surface area contributed by atoms with Gasteiger partial charge in [0.1, 0.15) is 5.82 Å². The topological polar surface area (TPSA) is 63.8 Å². The average molecular weight is 400 g/mol. The minimum absolute atomic E-state index is 0.0869. The predicted molar refractivity (Wildman–Crippen MR) is 88.5 cm³/mol. The number of hydrogen-bond donors (Lipinski definition) is 2. The van der Waals surface area contributed by atoms with Gasteiger partial charge in [-0.25, -0.2) is 4.98 Å². The van der Waals surface area contributed by atoms with E-state index in [9.17, 15) is 0 Å². The molecule has 3 N–H and O–H groups in total. The molecule has 0 saturated carbocycles. The highest BCUT2D eigenvalue weighted by Gasteiger charge is 2.22. The van der Waals surface area contributed by atoms with Gasteiger partial charge in [0.15, 0.2) is 0 Å². The molecule has 1 atom stereocenters. The highest BCUT2D eigenvalue weighted by Crippen LogP contribution is 2.32. The lowest BCUT2D eigenvalue weighted by atomic mass is 9.99. The normalized spacial score (nSPS) is 12.4. The molecule has 0 amide bonds. The Kier molecular flexibility index (Phi) is 5.12.